The van der Waals surface area contributed by atoms with Gasteiger partial charge in [0.25, 0.3) is 11.8 Å². The Morgan fingerprint density at radius 1 is 0.975 bits per heavy atom. The van der Waals surface area contributed by atoms with Crippen LogP contribution >= 0.6 is 11.3 Å². The number of thiophene rings is 1. The van der Waals surface area contributed by atoms with Crippen molar-refractivity contribution in [2.24, 2.45) is 11.8 Å². The molecule has 1 aromatic carbocycles. The van der Waals surface area contributed by atoms with Gasteiger partial charge in [0.15, 0.2) is 0 Å². The van der Waals surface area contributed by atoms with E-state index in [9.17, 15) is 24.0 Å². The first-order valence-electron chi connectivity index (χ1n) is 14.2. The molecule has 0 spiro atoms. The Kier molecular flexibility index (Phi) is 9.60. The zero-order valence-electron chi connectivity index (χ0n) is 23.5. The number of amides is 4. The summed E-state index contributed by atoms with van der Waals surface area (Å²) in [4.78, 5) is 65.9. The fourth-order valence-electron chi connectivity index (χ4n) is 5.53. The van der Waals surface area contributed by atoms with Gasteiger partial charge in [0.05, 0.1) is 10.9 Å². The minimum Gasteiger partial charge on any atom is -0.356 e. The molecule has 1 saturated heterocycles. The maximum Gasteiger partial charge on any atom is 0.290 e. The molecule has 4 N–H and O–H groups in total. The summed E-state index contributed by atoms with van der Waals surface area (Å²) in [5.41, 5.74) is -0.645. The lowest BCUT2D eigenvalue weighted by molar-refractivity contribution is -0.141. The van der Waals surface area contributed by atoms with Crippen molar-refractivity contribution in [3.05, 3.63) is 35.2 Å². The van der Waals surface area contributed by atoms with E-state index < -0.39 is 41.1 Å². The van der Waals surface area contributed by atoms with Crippen LogP contribution in [0.3, 0.4) is 0 Å². The minimum absolute atomic E-state index is 0.0222. The van der Waals surface area contributed by atoms with Gasteiger partial charge in [-0.2, -0.15) is 0 Å². The second-order valence-corrected chi connectivity index (χ2v) is 13.1. The maximum atomic E-state index is 13.7. The van der Waals surface area contributed by atoms with E-state index in [1.807, 2.05) is 30.3 Å². The minimum atomic E-state index is -1.18. The second kappa shape index (κ2) is 12.9. The van der Waals surface area contributed by atoms with Gasteiger partial charge in [-0.05, 0) is 63.5 Å². The van der Waals surface area contributed by atoms with Crippen molar-refractivity contribution in [2.75, 3.05) is 6.54 Å². The molecule has 40 heavy (non-hydrogen) atoms. The zero-order chi connectivity index (χ0) is 28.9. The molecule has 1 aliphatic carbocycles. The molecule has 4 rings (SSSR count). The van der Waals surface area contributed by atoms with Crippen molar-refractivity contribution in [2.45, 2.75) is 89.8 Å². The number of carbonyl (C=O) groups is 5. The Morgan fingerprint density at radius 3 is 2.35 bits per heavy atom. The molecule has 4 amide bonds. The van der Waals surface area contributed by atoms with Gasteiger partial charge in [0.1, 0.15) is 6.04 Å². The van der Waals surface area contributed by atoms with Crippen LogP contribution in [0.15, 0.2) is 30.3 Å². The Bertz CT molecular complexity index is 1230. The van der Waals surface area contributed by atoms with E-state index in [4.69, 9.17) is 0 Å². The number of benzene rings is 1. The molecule has 0 bridgehead atoms. The molecule has 216 valence electrons. The van der Waals surface area contributed by atoms with E-state index in [-0.39, 0.29) is 24.2 Å². The van der Waals surface area contributed by atoms with Crippen molar-refractivity contribution in [1.29, 1.82) is 0 Å². The van der Waals surface area contributed by atoms with Crippen LogP contribution in [0, 0.1) is 11.8 Å². The van der Waals surface area contributed by atoms with Gasteiger partial charge < -0.3 is 21.3 Å². The molecule has 1 aliphatic heterocycles. The molecule has 1 saturated carbocycles. The molecule has 2 heterocycles. The van der Waals surface area contributed by atoms with Gasteiger partial charge in [-0.15, -0.1) is 11.3 Å². The highest BCUT2D eigenvalue weighted by molar-refractivity contribution is 7.20. The number of carbonyl (C=O) groups excluding carboxylic acids is 5. The van der Waals surface area contributed by atoms with Crippen molar-refractivity contribution in [3.63, 3.8) is 0 Å². The molecule has 1 unspecified atom stereocenters. The number of hydrogen-bond acceptors (Lipinski definition) is 6. The second-order valence-electron chi connectivity index (χ2n) is 12.1. The summed E-state index contributed by atoms with van der Waals surface area (Å²) in [6, 6.07) is 7.46. The SMILES string of the molecule is CC(C)(C)NC(=O)C(=O)C(C[C@@H]1CCNC1=O)NC(=O)[C@H](CC1CCCCC1)NC(=O)c1cc2ccccc2s1. The number of nitrogens with one attached hydrogen (secondary N) is 4. The highest BCUT2D eigenvalue weighted by atomic mass is 32.1. The lowest BCUT2D eigenvalue weighted by atomic mass is 9.84. The van der Waals surface area contributed by atoms with Gasteiger partial charge in [-0.25, -0.2) is 0 Å². The van der Waals surface area contributed by atoms with Gasteiger partial charge in [0.2, 0.25) is 17.6 Å². The molecule has 9 nitrogen and oxygen atoms in total. The van der Waals surface area contributed by atoms with Gasteiger partial charge in [-0.1, -0.05) is 50.3 Å². The van der Waals surface area contributed by atoms with Crippen LogP contribution in [0.4, 0.5) is 0 Å². The van der Waals surface area contributed by atoms with Crippen LogP contribution in [0.2, 0.25) is 0 Å². The van der Waals surface area contributed by atoms with E-state index in [0.29, 0.717) is 24.3 Å². The van der Waals surface area contributed by atoms with E-state index in [1.54, 1.807) is 20.8 Å². The Labute approximate surface area is 239 Å². The molecule has 0 radical (unpaired) electrons. The van der Waals surface area contributed by atoms with Crippen LogP contribution < -0.4 is 21.3 Å². The monoisotopic (exact) mass is 568 g/mol. The number of Topliss-reactive ketones (excluding diaryl/α,β-unsaturated/α-hetero) is 1. The Morgan fingerprint density at radius 2 is 1.70 bits per heavy atom. The fraction of sp³-hybridized carbons (Fsp3) is 0.567. The fourth-order valence-corrected chi connectivity index (χ4v) is 6.50. The largest absolute Gasteiger partial charge is 0.356 e. The molecular formula is C30H40N4O5S. The summed E-state index contributed by atoms with van der Waals surface area (Å²) >= 11 is 1.36. The number of fused-ring (bicyclic) bond motifs is 1. The normalized spacial score (nSPS) is 19.5. The molecular weight excluding hydrogens is 528 g/mol. The van der Waals surface area contributed by atoms with Crippen LogP contribution in [-0.2, 0) is 19.2 Å². The third-order valence-electron chi connectivity index (χ3n) is 7.59. The van der Waals surface area contributed by atoms with E-state index >= 15 is 0 Å². The van der Waals surface area contributed by atoms with Crippen molar-refractivity contribution in [3.8, 4) is 0 Å². The average Bonchev–Trinajstić information content (AvgIpc) is 3.53. The van der Waals surface area contributed by atoms with Gasteiger partial charge in [-0.3, -0.25) is 24.0 Å². The predicted octanol–water partition coefficient (Wildman–Crippen LogP) is 3.46. The van der Waals surface area contributed by atoms with Crippen molar-refractivity contribution >= 4 is 50.8 Å². The van der Waals surface area contributed by atoms with Crippen molar-refractivity contribution in [1.82, 2.24) is 21.3 Å². The van der Waals surface area contributed by atoms with Crippen LogP contribution in [0.25, 0.3) is 10.1 Å². The van der Waals surface area contributed by atoms with Gasteiger partial charge in [0, 0.05) is 22.7 Å². The lowest BCUT2D eigenvalue weighted by Gasteiger charge is -2.28. The molecule has 1 aromatic heterocycles. The molecule has 2 aliphatic rings. The summed E-state index contributed by atoms with van der Waals surface area (Å²) in [5, 5.41) is 12.1. The average molecular weight is 569 g/mol. The third-order valence-corrected chi connectivity index (χ3v) is 8.71. The van der Waals surface area contributed by atoms with Crippen molar-refractivity contribution < 1.29 is 24.0 Å². The highest BCUT2D eigenvalue weighted by Crippen LogP contribution is 2.29. The topological polar surface area (TPSA) is 133 Å². The Balaban J connectivity index is 1.54. The quantitative estimate of drug-likeness (QED) is 0.326. The smallest absolute Gasteiger partial charge is 0.290 e. The third kappa shape index (κ3) is 7.90. The lowest BCUT2D eigenvalue weighted by Crippen LogP contribution is -2.56. The highest BCUT2D eigenvalue weighted by Gasteiger charge is 2.37. The van der Waals surface area contributed by atoms with Gasteiger partial charge >= 0.3 is 0 Å². The standard InChI is InChI=1S/C30H40N4O5S/c1-30(2,3)34-29(39)25(35)21(16-20-13-14-31-26(20)36)32-27(37)22(15-18-9-5-4-6-10-18)33-28(38)24-17-19-11-7-8-12-23(19)40-24/h7-8,11-12,17-18,20-22H,4-6,9-10,13-16H2,1-3H3,(H,31,36)(H,32,37)(H,33,38)(H,34,39)/t20-,21?,22-/m0/s1. The summed E-state index contributed by atoms with van der Waals surface area (Å²) in [5.74, 6) is -2.88. The van der Waals surface area contributed by atoms with Crippen LogP contribution in [0.1, 0.15) is 81.8 Å². The zero-order valence-corrected chi connectivity index (χ0v) is 24.3. The number of ketones is 1. The molecule has 2 aromatic rings. The summed E-state index contributed by atoms with van der Waals surface area (Å²) in [6.45, 7) is 5.78. The molecule has 10 heteroatoms. The van der Waals surface area contributed by atoms with E-state index in [0.717, 1.165) is 42.2 Å². The van der Waals surface area contributed by atoms with E-state index in [1.165, 1.54) is 11.3 Å². The molecule has 3 atom stereocenters. The first-order valence-corrected chi connectivity index (χ1v) is 15.1. The van der Waals surface area contributed by atoms with Crippen LogP contribution in [-0.4, -0.2) is 53.6 Å². The Hall–Kier alpha value is -3.27. The predicted molar refractivity (Wildman–Crippen MR) is 155 cm³/mol. The summed E-state index contributed by atoms with van der Waals surface area (Å²) in [6.07, 6.45) is 6.25. The van der Waals surface area contributed by atoms with Crippen LogP contribution in [0.5, 0.6) is 0 Å². The first kappa shape index (κ1) is 29.7. The maximum absolute atomic E-state index is 13.7. The summed E-state index contributed by atoms with van der Waals surface area (Å²) < 4.78 is 0.978. The van der Waals surface area contributed by atoms with E-state index in [2.05, 4.69) is 21.3 Å². The summed E-state index contributed by atoms with van der Waals surface area (Å²) in [7, 11) is 0. The number of hydrogen-bond donors (Lipinski definition) is 4. The first-order chi connectivity index (χ1) is 19.0. The number of rotatable bonds is 10. The molecule has 2 fully saturated rings.